The Kier molecular flexibility index (Phi) is 4.37. The second kappa shape index (κ2) is 5.87. The van der Waals surface area contributed by atoms with Crippen molar-refractivity contribution in [2.45, 2.75) is 19.0 Å². The molecule has 1 aromatic rings. The van der Waals surface area contributed by atoms with Crippen LogP contribution in [0.3, 0.4) is 0 Å². The maximum absolute atomic E-state index is 12.8. The first-order valence-corrected chi connectivity index (χ1v) is 6.49. The first kappa shape index (κ1) is 14.9. The number of piperidine rings is 1. The largest absolute Gasteiger partial charge is 0.416 e. The predicted molar refractivity (Wildman–Crippen MR) is 70.5 cm³/mol. The number of rotatable bonds is 3. The van der Waals surface area contributed by atoms with Crippen molar-refractivity contribution in [2.75, 3.05) is 37.4 Å². The normalized spacial score (nSPS) is 17.5. The standard InChI is InChI=1S/C13H18F3N3O/c1-20-8-9-2-4-19(5-3-9)12-7-10(13(14,15)16)6-11(17)18-12/h6-7,9H,2-5,8H2,1H3,(H2,17,18). The number of hydrogen-bond donors (Lipinski definition) is 1. The summed E-state index contributed by atoms with van der Waals surface area (Å²) >= 11 is 0. The minimum atomic E-state index is -4.40. The Bertz CT molecular complexity index is 457. The Labute approximate surface area is 115 Å². The molecule has 1 fully saturated rings. The molecule has 1 aromatic heterocycles. The molecule has 4 nitrogen and oxygen atoms in total. The molecule has 0 amide bonds. The monoisotopic (exact) mass is 289 g/mol. The van der Waals surface area contributed by atoms with E-state index in [1.165, 1.54) is 0 Å². The van der Waals surface area contributed by atoms with Crippen molar-refractivity contribution in [3.05, 3.63) is 17.7 Å². The minimum Gasteiger partial charge on any atom is -0.384 e. The van der Waals surface area contributed by atoms with E-state index in [9.17, 15) is 13.2 Å². The molecule has 0 radical (unpaired) electrons. The van der Waals surface area contributed by atoms with Crippen LogP contribution in [0.4, 0.5) is 24.8 Å². The molecule has 2 rings (SSSR count). The molecule has 0 atom stereocenters. The topological polar surface area (TPSA) is 51.4 Å². The molecule has 1 aliphatic heterocycles. The van der Waals surface area contributed by atoms with Crippen LogP contribution in [0, 0.1) is 5.92 Å². The van der Waals surface area contributed by atoms with Gasteiger partial charge >= 0.3 is 6.18 Å². The molecule has 0 unspecified atom stereocenters. The summed E-state index contributed by atoms with van der Waals surface area (Å²) in [6.07, 6.45) is -2.64. The van der Waals surface area contributed by atoms with Crippen molar-refractivity contribution in [1.82, 2.24) is 4.98 Å². The molecule has 0 aliphatic carbocycles. The second-order valence-electron chi connectivity index (χ2n) is 5.02. The summed E-state index contributed by atoms with van der Waals surface area (Å²) in [6, 6.07) is 1.92. The molecule has 7 heteroatoms. The van der Waals surface area contributed by atoms with E-state index in [1.54, 1.807) is 7.11 Å². The SMILES string of the molecule is COCC1CCN(c2cc(C(F)(F)F)cc(N)n2)CC1. The van der Waals surface area contributed by atoms with Crippen molar-refractivity contribution in [2.24, 2.45) is 5.92 Å². The third-order valence-electron chi connectivity index (χ3n) is 3.50. The molecule has 0 bridgehead atoms. The molecule has 2 N–H and O–H groups in total. The summed E-state index contributed by atoms with van der Waals surface area (Å²) < 4.78 is 43.4. The van der Waals surface area contributed by atoms with Gasteiger partial charge in [0.1, 0.15) is 11.6 Å². The Morgan fingerprint density at radius 2 is 2.00 bits per heavy atom. The number of methoxy groups -OCH3 is 1. The van der Waals surface area contributed by atoms with Gasteiger partial charge in [-0.15, -0.1) is 0 Å². The minimum absolute atomic E-state index is 0.103. The lowest BCUT2D eigenvalue weighted by Crippen LogP contribution is -2.35. The van der Waals surface area contributed by atoms with E-state index >= 15 is 0 Å². The maximum Gasteiger partial charge on any atom is 0.416 e. The quantitative estimate of drug-likeness (QED) is 0.929. The summed E-state index contributed by atoms with van der Waals surface area (Å²) in [5.41, 5.74) is 4.73. The highest BCUT2D eigenvalue weighted by Crippen LogP contribution is 2.33. The van der Waals surface area contributed by atoms with E-state index in [2.05, 4.69) is 4.98 Å². The van der Waals surface area contributed by atoms with Gasteiger partial charge in [-0.2, -0.15) is 13.2 Å². The summed E-state index contributed by atoms with van der Waals surface area (Å²) in [5.74, 6) is 0.654. The van der Waals surface area contributed by atoms with Gasteiger partial charge in [-0.3, -0.25) is 0 Å². The predicted octanol–water partition coefficient (Wildman–Crippen LogP) is 2.55. The zero-order chi connectivity index (χ0) is 14.8. The molecular weight excluding hydrogens is 271 g/mol. The van der Waals surface area contributed by atoms with E-state index in [4.69, 9.17) is 10.5 Å². The number of pyridine rings is 1. The first-order valence-electron chi connectivity index (χ1n) is 6.49. The van der Waals surface area contributed by atoms with Crippen LogP contribution in [0.15, 0.2) is 12.1 Å². The van der Waals surface area contributed by atoms with Gasteiger partial charge in [0.25, 0.3) is 0 Å². The molecular formula is C13H18F3N3O. The summed E-state index contributed by atoms with van der Waals surface area (Å²) in [5, 5.41) is 0. The summed E-state index contributed by atoms with van der Waals surface area (Å²) in [4.78, 5) is 5.86. The lowest BCUT2D eigenvalue weighted by Gasteiger charge is -2.32. The highest BCUT2D eigenvalue weighted by Gasteiger charge is 2.32. The molecule has 0 aromatic carbocycles. The van der Waals surface area contributed by atoms with Crippen LogP contribution in [-0.4, -0.2) is 31.8 Å². The van der Waals surface area contributed by atoms with Crippen molar-refractivity contribution < 1.29 is 17.9 Å². The van der Waals surface area contributed by atoms with Gasteiger partial charge in [-0.1, -0.05) is 0 Å². The number of alkyl halides is 3. The number of nitrogen functional groups attached to an aromatic ring is 1. The van der Waals surface area contributed by atoms with Crippen molar-refractivity contribution >= 4 is 11.6 Å². The van der Waals surface area contributed by atoms with Crippen molar-refractivity contribution in [3.63, 3.8) is 0 Å². The molecule has 1 saturated heterocycles. The smallest absolute Gasteiger partial charge is 0.384 e. The number of ether oxygens (including phenoxy) is 1. The number of hydrogen-bond acceptors (Lipinski definition) is 4. The Morgan fingerprint density at radius 3 is 2.55 bits per heavy atom. The van der Waals surface area contributed by atoms with Crippen LogP contribution in [0.25, 0.3) is 0 Å². The highest BCUT2D eigenvalue weighted by atomic mass is 19.4. The lowest BCUT2D eigenvalue weighted by molar-refractivity contribution is -0.137. The molecule has 20 heavy (non-hydrogen) atoms. The Balaban J connectivity index is 2.12. The number of aromatic nitrogens is 1. The molecule has 0 saturated carbocycles. The van der Waals surface area contributed by atoms with Crippen molar-refractivity contribution in [1.29, 1.82) is 0 Å². The number of anilines is 2. The number of halogens is 3. The summed E-state index contributed by atoms with van der Waals surface area (Å²) in [6.45, 7) is 2.02. The van der Waals surface area contributed by atoms with Gasteiger partial charge in [0.15, 0.2) is 0 Å². The number of nitrogens with zero attached hydrogens (tertiary/aromatic N) is 2. The highest BCUT2D eigenvalue weighted by molar-refractivity contribution is 5.49. The van der Waals surface area contributed by atoms with Crippen LogP contribution in [0.1, 0.15) is 18.4 Å². The van der Waals surface area contributed by atoms with Crippen LogP contribution in [0.2, 0.25) is 0 Å². The van der Waals surface area contributed by atoms with Gasteiger partial charge in [0.2, 0.25) is 0 Å². The van der Waals surface area contributed by atoms with Gasteiger partial charge in [-0.05, 0) is 30.9 Å². The zero-order valence-corrected chi connectivity index (χ0v) is 11.3. The molecule has 1 aliphatic rings. The fourth-order valence-corrected chi connectivity index (χ4v) is 2.43. The van der Waals surface area contributed by atoms with Gasteiger partial charge in [0.05, 0.1) is 5.56 Å². The van der Waals surface area contributed by atoms with Crippen molar-refractivity contribution in [3.8, 4) is 0 Å². The average molecular weight is 289 g/mol. The molecule has 112 valence electrons. The second-order valence-corrected chi connectivity index (χ2v) is 5.02. The molecule has 2 heterocycles. The van der Waals surface area contributed by atoms with Gasteiger partial charge in [0, 0.05) is 26.8 Å². The van der Waals surface area contributed by atoms with E-state index in [-0.39, 0.29) is 5.82 Å². The lowest BCUT2D eigenvalue weighted by atomic mass is 9.98. The molecule has 0 spiro atoms. The van der Waals surface area contributed by atoms with Crippen LogP contribution < -0.4 is 10.6 Å². The van der Waals surface area contributed by atoms with Gasteiger partial charge < -0.3 is 15.4 Å². The van der Waals surface area contributed by atoms with Crippen LogP contribution in [0.5, 0.6) is 0 Å². The van der Waals surface area contributed by atoms with Crippen LogP contribution in [-0.2, 0) is 10.9 Å². The third-order valence-corrected chi connectivity index (χ3v) is 3.50. The maximum atomic E-state index is 12.8. The Hall–Kier alpha value is -1.50. The fraction of sp³-hybridized carbons (Fsp3) is 0.615. The van der Waals surface area contributed by atoms with E-state index in [1.807, 2.05) is 4.90 Å². The van der Waals surface area contributed by atoms with Gasteiger partial charge in [-0.25, -0.2) is 4.98 Å². The zero-order valence-electron chi connectivity index (χ0n) is 11.3. The fourth-order valence-electron chi connectivity index (χ4n) is 2.43. The van der Waals surface area contributed by atoms with E-state index < -0.39 is 11.7 Å². The Morgan fingerprint density at radius 1 is 1.35 bits per heavy atom. The average Bonchev–Trinajstić information content (AvgIpc) is 2.38. The van der Waals surface area contributed by atoms with Crippen LogP contribution >= 0.6 is 0 Å². The summed E-state index contributed by atoms with van der Waals surface area (Å²) in [7, 11) is 1.65. The third kappa shape index (κ3) is 3.53. The van der Waals surface area contributed by atoms with E-state index in [0.29, 0.717) is 31.4 Å². The first-order chi connectivity index (χ1) is 9.40. The number of nitrogens with two attached hydrogens (primary N) is 1. The van der Waals surface area contributed by atoms with E-state index in [0.717, 1.165) is 25.0 Å².